The van der Waals surface area contributed by atoms with Gasteiger partial charge in [0.1, 0.15) is 0 Å². The molecular weight excluding hydrogens is 849 g/mol. The first kappa shape index (κ1) is 39.8. The minimum absolute atomic E-state index is 0.147. The molecule has 0 N–H and O–H groups in total. The van der Waals surface area contributed by atoms with Gasteiger partial charge in [-0.25, -0.2) is 0 Å². The normalized spacial score (nSPS) is 13.8. The van der Waals surface area contributed by atoms with Crippen LogP contribution in [0, 0.1) is 0 Å². The molecule has 0 aromatic heterocycles. The molecule has 0 unspecified atom stereocenters. The molecule has 0 amide bonds. The average molecular weight is 893 g/mol. The monoisotopic (exact) mass is 892 g/mol. The standard InChI is InChI=1S/C63H44N2S2/c1-63(2)53-37-45(41-21-25-43(26-22-41)47-31-35-61-57(39-47)64(49-13-5-3-6-14-49)55-17-9-11-19-59(55)66-61)29-33-51(53)52-34-30-46(38-54(52)63)42-23-27-44(28-24-42)48-32-36-62-58(40-48)65(50-15-7-4-8-16-50)56-18-10-12-20-60(56)67-62/h3-40H,1-2H3. The van der Waals surface area contributed by atoms with Crippen LogP contribution in [0.2, 0.25) is 0 Å². The Bertz CT molecular complexity index is 3310. The molecule has 0 atom stereocenters. The van der Waals surface area contributed by atoms with Crippen LogP contribution >= 0.6 is 23.5 Å². The zero-order valence-corrected chi connectivity index (χ0v) is 38.8. The van der Waals surface area contributed by atoms with Crippen molar-refractivity contribution in [3.05, 3.63) is 242 Å². The molecule has 0 saturated carbocycles. The van der Waals surface area contributed by atoms with Crippen molar-refractivity contribution in [1.29, 1.82) is 0 Å². The molecule has 2 aliphatic heterocycles. The number of nitrogens with zero attached hydrogens (tertiary/aromatic N) is 2. The summed E-state index contributed by atoms with van der Waals surface area (Å²) in [6.07, 6.45) is 0. The van der Waals surface area contributed by atoms with Gasteiger partial charge in [0.2, 0.25) is 0 Å². The Labute approximate surface area is 401 Å². The molecule has 0 saturated heterocycles. The van der Waals surface area contributed by atoms with Gasteiger partial charge in [-0.05, 0) is 152 Å². The smallest absolute Gasteiger partial charge is 0.0607 e. The number of para-hydroxylation sites is 4. The molecule has 2 nitrogen and oxygen atoms in total. The Balaban J connectivity index is 0.763. The second kappa shape index (κ2) is 15.8. The Morgan fingerprint density at radius 1 is 0.284 bits per heavy atom. The third-order valence-corrected chi connectivity index (χ3v) is 16.1. The van der Waals surface area contributed by atoms with E-state index in [0.717, 1.165) is 0 Å². The maximum Gasteiger partial charge on any atom is 0.0607 e. The van der Waals surface area contributed by atoms with Gasteiger partial charge in [-0.1, -0.05) is 183 Å². The zero-order valence-electron chi connectivity index (χ0n) is 37.2. The van der Waals surface area contributed by atoms with Crippen LogP contribution in [0.4, 0.5) is 34.1 Å². The summed E-state index contributed by atoms with van der Waals surface area (Å²) in [5, 5.41) is 0. The molecule has 0 fully saturated rings. The summed E-state index contributed by atoms with van der Waals surface area (Å²) >= 11 is 3.69. The Morgan fingerprint density at radius 3 is 1.00 bits per heavy atom. The number of hydrogen-bond acceptors (Lipinski definition) is 4. The highest BCUT2D eigenvalue weighted by Gasteiger charge is 2.36. The largest absolute Gasteiger partial charge is 0.308 e. The SMILES string of the molecule is CC1(C)c2cc(-c3ccc(-c4ccc5c(c4)N(c4ccccc4)c4ccccc4S5)cc3)ccc2-c2ccc(-c3ccc(-c4ccc5c(c4)N(c4ccccc4)c4ccccc4S5)cc3)cc21. The average Bonchev–Trinajstić information content (AvgIpc) is 3.61. The minimum atomic E-state index is -0.147. The summed E-state index contributed by atoms with van der Waals surface area (Å²) in [6, 6.07) is 85.0. The summed E-state index contributed by atoms with van der Waals surface area (Å²) < 4.78 is 0. The second-order valence-electron chi connectivity index (χ2n) is 18.1. The molecule has 0 bridgehead atoms. The molecular formula is C63H44N2S2. The maximum atomic E-state index is 2.43. The van der Waals surface area contributed by atoms with Gasteiger partial charge < -0.3 is 9.80 Å². The Morgan fingerprint density at radius 2 is 0.597 bits per heavy atom. The van der Waals surface area contributed by atoms with Crippen molar-refractivity contribution in [2.45, 2.75) is 38.8 Å². The highest BCUT2D eigenvalue weighted by atomic mass is 32.2. The molecule has 318 valence electrons. The number of fused-ring (bicyclic) bond motifs is 7. The fraction of sp³-hybridized carbons (Fsp3) is 0.0476. The van der Waals surface area contributed by atoms with Crippen LogP contribution in [0.15, 0.2) is 250 Å². The zero-order chi connectivity index (χ0) is 44.6. The van der Waals surface area contributed by atoms with E-state index in [1.807, 2.05) is 23.5 Å². The molecule has 10 aromatic rings. The van der Waals surface area contributed by atoms with Crippen LogP contribution in [0.25, 0.3) is 55.6 Å². The van der Waals surface area contributed by atoms with Crippen LogP contribution in [0.1, 0.15) is 25.0 Å². The van der Waals surface area contributed by atoms with Crippen LogP contribution in [0.5, 0.6) is 0 Å². The molecule has 0 spiro atoms. The van der Waals surface area contributed by atoms with E-state index >= 15 is 0 Å². The third kappa shape index (κ3) is 6.74. The van der Waals surface area contributed by atoms with Gasteiger partial charge in [-0.3, -0.25) is 0 Å². The molecule has 10 aromatic carbocycles. The van der Waals surface area contributed by atoms with Crippen molar-refractivity contribution in [2.24, 2.45) is 0 Å². The van der Waals surface area contributed by atoms with Crippen molar-refractivity contribution in [3.8, 4) is 55.6 Å². The molecule has 0 radical (unpaired) electrons. The van der Waals surface area contributed by atoms with Crippen LogP contribution in [-0.4, -0.2) is 0 Å². The second-order valence-corrected chi connectivity index (χ2v) is 20.3. The lowest BCUT2D eigenvalue weighted by Gasteiger charge is -2.33. The van der Waals surface area contributed by atoms with E-state index in [2.05, 4.69) is 254 Å². The molecule has 13 rings (SSSR count). The summed E-state index contributed by atoms with van der Waals surface area (Å²) in [5.41, 5.74) is 22.2. The number of hydrogen-bond donors (Lipinski definition) is 0. The fourth-order valence-corrected chi connectivity index (χ4v) is 12.5. The van der Waals surface area contributed by atoms with Gasteiger partial charge in [0.15, 0.2) is 0 Å². The van der Waals surface area contributed by atoms with Crippen molar-refractivity contribution in [3.63, 3.8) is 0 Å². The highest BCUT2D eigenvalue weighted by Crippen LogP contribution is 2.55. The molecule has 1 aliphatic carbocycles. The predicted octanol–water partition coefficient (Wildman–Crippen LogP) is 18.5. The lowest BCUT2D eigenvalue weighted by atomic mass is 9.80. The Hall–Kier alpha value is -7.50. The summed E-state index contributed by atoms with van der Waals surface area (Å²) in [4.78, 5) is 9.87. The summed E-state index contributed by atoms with van der Waals surface area (Å²) in [6.45, 7) is 4.77. The van der Waals surface area contributed by atoms with Crippen LogP contribution in [-0.2, 0) is 5.41 Å². The minimum Gasteiger partial charge on any atom is -0.308 e. The van der Waals surface area contributed by atoms with Gasteiger partial charge in [0, 0.05) is 36.4 Å². The van der Waals surface area contributed by atoms with Crippen molar-refractivity contribution in [1.82, 2.24) is 0 Å². The lowest BCUT2D eigenvalue weighted by Crippen LogP contribution is -2.15. The molecule has 3 aliphatic rings. The lowest BCUT2D eigenvalue weighted by molar-refractivity contribution is 0.661. The number of benzene rings is 10. The highest BCUT2D eigenvalue weighted by molar-refractivity contribution is 8.00. The molecule has 2 heterocycles. The Kier molecular flexibility index (Phi) is 9.42. The fourth-order valence-electron chi connectivity index (χ4n) is 10.4. The van der Waals surface area contributed by atoms with Crippen molar-refractivity contribution in [2.75, 3.05) is 9.80 Å². The maximum absolute atomic E-state index is 2.43. The van der Waals surface area contributed by atoms with Gasteiger partial charge in [-0.2, -0.15) is 0 Å². The predicted molar refractivity (Wildman–Crippen MR) is 283 cm³/mol. The van der Waals surface area contributed by atoms with Gasteiger partial charge in [0.25, 0.3) is 0 Å². The first-order valence-electron chi connectivity index (χ1n) is 23.0. The van der Waals surface area contributed by atoms with E-state index in [1.54, 1.807) is 0 Å². The first-order chi connectivity index (χ1) is 32.9. The summed E-state index contributed by atoms with van der Waals surface area (Å²) in [5.74, 6) is 0. The first-order valence-corrected chi connectivity index (χ1v) is 24.6. The van der Waals surface area contributed by atoms with Crippen molar-refractivity contribution < 1.29 is 0 Å². The van der Waals surface area contributed by atoms with Gasteiger partial charge >= 0.3 is 0 Å². The topological polar surface area (TPSA) is 6.48 Å². The van der Waals surface area contributed by atoms with Crippen LogP contribution in [0.3, 0.4) is 0 Å². The van der Waals surface area contributed by atoms with E-state index in [1.165, 1.54) is 120 Å². The van der Waals surface area contributed by atoms with E-state index in [9.17, 15) is 0 Å². The quantitative estimate of drug-likeness (QED) is 0.164. The van der Waals surface area contributed by atoms with Gasteiger partial charge in [-0.15, -0.1) is 0 Å². The van der Waals surface area contributed by atoms with E-state index in [4.69, 9.17) is 0 Å². The van der Waals surface area contributed by atoms with E-state index < -0.39 is 0 Å². The third-order valence-electron chi connectivity index (χ3n) is 13.9. The summed E-state index contributed by atoms with van der Waals surface area (Å²) in [7, 11) is 0. The number of rotatable bonds is 6. The van der Waals surface area contributed by atoms with E-state index in [0.29, 0.717) is 0 Å². The van der Waals surface area contributed by atoms with E-state index in [-0.39, 0.29) is 5.41 Å². The van der Waals surface area contributed by atoms with Gasteiger partial charge in [0.05, 0.1) is 22.7 Å². The molecule has 67 heavy (non-hydrogen) atoms. The molecule has 4 heteroatoms. The number of anilines is 6. The van der Waals surface area contributed by atoms with Crippen molar-refractivity contribution >= 4 is 57.6 Å². The van der Waals surface area contributed by atoms with Crippen LogP contribution < -0.4 is 9.80 Å².